The summed E-state index contributed by atoms with van der Waals surface area (Å²) in [6.07, 6.45) is 1.71. The lowest BCUT2D eigenvalue weighted by atomic mass is 10.2. The minimum absolute atomic E-state index is 0.0698. The molecule has 2 rings (SSSR count). The second-order valence-corrected chi connectivity index (χ2v) is 7.51. The predicted molar refractivity (Wildman–Crippen MR) is 87.8 cm³/mol. The lowest BCUT2D eigenvalue weighted by Crippen LogP contribution is -2.33. The van der Waals surface area contributed by atoms with Crippen LogP contribution in [0.15, 0.2) is 23.1 Å². The SMILES string of the molecule is CCN(CC)S(=O)(=O)c1ccc(F)c(C(=O)NC[C@@H]2CCCO2)c1. The topological polar surface area (TPSA) is 75.7 Å². The van der Waals surface area contributed by atoms with Crippen LogP contribution in [0.5, 0.6) is 0 Å². The first kappa shape index (κ1) is 18.8. The number of carbonyl (C=O) groups excluding carboxylic acids is 1. The molecule has 0 spiro atoms. The molecule has 0 radical (unpaired) electrons. The Bertz CT molecular complexity index is 683. The summed E-state index contributed by atoms with van der Waals surface area (Å²) < 4.78 is 45.6. The van der Waals surface area contributed by atoms with E-state index in [0.717, 1.165) is 25.0 Å². The molecule has 1 N–H and O–H groups in total. The molecule has 0 aliphatic carbocycles. The molecular weight excluding hydrogens is 335 g/mol. The number of carbonyl (C=O) groups is 1. The zero-order valence-corrected chi connectivity index (χ0v) is 14.7. The minimum atomic E-state index is -3.74. The summed E-state index contributed by atoms with van der Waals surface area (Å²) in [6, 6.07) is 3.28. The molecule has 1 aromatic rings. The smallest absolute Gasteiger partial charge is 0.254 e. The Kier molecular flexibility index (Phi) is 6.31. The molecule has 1 amide bonds. The molecule has 0 aromatic heterocycles. The average molecular weight is 358 g/mol. The highest BCUT2D eigenvalue weighted by Gasteiger charge is 2.24. The monoisotopic (exact) mass is 358 g/mol. The van der Waals surface area contributed by atoms with Gasteiger partial charge in [0.25, 0.3) is 5.91 Å². The number of nitrogens with zero attached hydrogens (tertiary/aromatic N) is 1. The molecule has 1 saturated heterocycles. The van der Waals surface area contributed by atoms with Crippen molar-refractivity contribution in [3.05, 3.63) is 29.6 Å². The van der Waals surface area contributed by atoms with E-state index in [2.05, 4.69) is 5.32 Å². The van der Waals surface area contributed by atoms with E-state index in [9.17, 15) is 17.6 Å². The van der Waals surface area contributed by atoms with E-state index in [4.69, 9.17) is 4.74 Å². The lowest BCUT2D eigenvalue weighted by molar-refractivity contribution is 0.0854. The average Bonchev–Trinajstić information content (AvgIpc) is 3.07. The number of hydrogen-bond acceptors (Lipinski definition) is 4. The van der Waals surface area contributed by atoms with Crippen molar-refractivity contribution in [3.8, 4) is 0 Å². The number of benzene rings is 1. The first-order valence-corrected chi connectivity index (χ1v) is 9.53. The van der Waals surface area contributed by atoms with E-state index < -0.39 is 21.7 Å². The number of hydrogen-bond donors (Lipinski definition) is 1. The molecule has 1 heterocycles. The van der Waals surface area contributed by atoms with Gasteiger partial charge >= 0.3 is 0 Å². The van der Waals surface area contributed by atoms with Gasteiger partial charge in [0.15, 0.2) is 0 Å². The summed E-state index contributed by atoms with van der Waals surface area (Å²) in [5, 5.41) is 2.61. The second kappa shape index (κ2) is 8.04. The predicted octanol–water partition coefficient (Wildman–Crippen LogP) is 1.76. The number of sulfonamides is 1. The largest absolute Gasteiger partial charge is 0.376 e. The zero-order chi connectivity index (χ0) is 17.7. The van der Waals surface area contributed by atoms with Crippen LogP contribution in [0.2, 0.25) is 0 Å². The molecule has 1 fully saturated rings. The Morgan fingerprint density at radius 2 is 2.08 bits per heavy atom. The molecule has 1 aromatic carbocycles. The fourth-order valence-corrected chi connectivity index (χ4v) is 4.14. The normalized spacial score (nSPS) is 18.1. The molecule has 6 nitrogen and oxygen atoms in total. The van der Waals surface area contributed by atoms with Gasteiger partial charge < -0.3 is 10.1 Å². The Morgan fingerprint density at radius 1 is 1.38 bits per heavy atom. The van der Waals surface area contributed by atoms with E-state index >= 15 is 0 Å². The molecule has 0 unspecified atom stereocenters. The van der Waals surface area contributed by atoms with E-state index in [1.54, 1.807) is 13.8 Å². The van der Waals surface area contributed by atoms with Gasteiger partial charge in [0.2, 0.25) is 10.0 Å². The first-order valence-electron chi connectivity index (χ1n) is 8.09. The van der Waals surface area contributed by atoms with Crippen molar-refractivity contribution >= 4 is 15.9 Å². The van der Waals surface area contributed by atoms with Gasteiger partial charge in [0.05, 0.1) is 16.6 Å². The first-order chi connectivity index (χ1) is 11.4. The van der Waals surface area contributed by atoms with Gasteiger partial charge in [-0.3, -0.25) is 4.79 Å². The van der Waals surface area contributed by atoms with Gasteiger partial charge in [0.1, 0.15) is 5.82 Å². The van der Waals surface area contributed by atoms with Gasteiger partial charge in [0, 0.05) is 26.2 Å². The lowest BCUT2D eigenvalue weighted by Gasteiger charge is -2.19. The fourth-order valence-electron chi connectivity index (χ4n) is 2.66. The maximum Gasteiger partial charge on any atom is 0.254 e. The number of halogens is 1. The van der Waals surface area contributed by atoms with Gasteiger partial charge in [-0.05, 0) is 31.0 Å². The van der Waals surface area contributed by atoms with E-state index in [1.165, 1.54) is 10.4 Å². The molecule has 134 valence electrons. The summed E-state index contributed by atoms with van der Waals surface area (Å²) in [6.45, 7) is 4.99. The third-order valence-corrected chi connectivity index (χ3v) is 6.09. The molecule has 0 saturated carbocycles. The highest BCUT2D eigenvalue weighted by molar-refractivity contribution is 7.89. The van der Waals surface area contributed by atoms with E-state index in [0.29, 0.717) is 19.7 Å². The maximum atomic E-state index is 14.0. The van der Waals surface area contributed by atoms with Crippen molar-refractivity contribution in [2.24, 2.45) is 0 Å². The minimum Gasteiger partial charge on any atom is -0.376 e. The van der Waals surface area contributed by atoms with E-state index in [-0.39, 0.29) is 23.1 Å². The number of amides is 1. The number of rotatable bonds is 7. The van der Waals surface area contributed by atoms with Gasteiger partial charge in [-0.1, -0.05) is 13.8 Å². The highest BCUT2D eigenvalue weighted by atomic mass is 32.2. The van der Waals surface area contributed by atoms with Crippen molar-refractivity contribution in [1.29, 1.82) is 0 Å². The zero-order valence-electron chi connectivity index (χ0n) is 13.9. The molecule has 8 heteroatoms. The van der Waals surface area contributed by atoms with Crippen LogP contribution in [-0.4, -0.2) is 51.0 Å². The molecular formula is C16H23FN2O4S. The van der Waals surface area contributed by atoms with Crippen molar-refractivity contribution in [3.63, 3.8) is 0 Å². The van der Waals surface area contributed by atoms with Crippen LogP contribution in [0, 0.1) is 5.82 Å². The highest BCUT2D eigenvalue weighted by Crippen LogP contribution is 2.19. The summed E-state index contributed by atoms with van der Waals surface area (Å²) in [5.41, 5.74) is -0.277. The third kappa shape index (κ3) is 4.12. The van der Waals surface area contributed by atoms with Crippen molar-refractivity contribution in [2.75, 3.05) is 26.2 Å². The molecule has 1 aliphatic rings. The van der Waals surface area contributed by atoms with Crippen LogP contribution < -0.4 is 5.32 Å². The van der Waals surface area contributed by atoms with Gasteiger partial charge in [-0.25, -0.2) is 12.8 Å². The fraction of sp³-hybridized carbons (Fsp3) is 0.562. The standard InChI is InChI=1S/C16H23FN2O4S/c1-3-19(4-2)24(21,22)13-7-8-15(17)14(10-13)16(20)18-11-12-6-5-9-23-12/h7-8,10,12H,3-6,9,11H2,1-2H3,(H,18,20)/t12-/m0/s1. The van der Waals surface area contributed by atoms with Crippen LogP contribution in [0.25, 0.3) is 0 Å². The van der Waals surface area contributed by atoms with Gasteiger partial charge in [-0.15, -0.1) is 0 Å². The third-order valence-electron chi connectivity index (χ3n) is 4.04. The van der Waals surface area contributed by atoms with Crippen LogP contribution in [0.4, 0.5) is 4.39 Å². The van der Waals surface area contributed by atoms with Crippen LogP contribution in [0.3, 0.4) is 0 Å². The Hall–Kier alpha value is -1.51. The summed E-state index contributed by atoms with van der Waals surface area (Å²) >= 11 is 0. The number of nitrogens with one attached hydrogen (secondary N) is 1. The van der Waals surface area contributed by atoms with Crippen molar-refractivity contribution in [2.45, 2.75) is 37.7 Å². The molecule has 1 aliphatic heterocycles. The summed E-state index contributed by atoms with van der Waals surface area (Å²) in [7, 11) is -3.74. The van der Waals surface area contributed by atoms with Crippen LogP contribution >= 0.6 is 0 Å². The van der Waals surface area contributed by atoms with Crippen LogP contribution in [-0.2, 0) is 14.8 Å². The second-order valence-electron chi connectivity index (χ2n) is 5.58. The van der Waals surface area contributed by atoms with E-state index in [1.807, 2.05) is 0 Å². The quantitative estimate of drug-likeness (QED) is 0.806. The molecule has 24 heavy (non-hydrogen) atoms. The summed E-state index contributed by atoms with van der Waals surface area (Å²) in [4.78, 5) is 12.1. The summed E-state index contributed by atoms with van der Waals surface area (Å²) in [5.74, 6) is -1.39. The van der Waals surface area contributed by atoms with Crippen molar-refractivity contribution < 1.29 is 22.3 Å². The molecule has 1 atom stereocenters. The Morgan fingerprint density at radius 3 is 2.67 bits per heavy atom. The van der Waals surface area contributed by atoms with Crippen molar-refractivity contribution in [1.82, 2.24) is 9.62 Å². The molecule has 0 bridgehead atoms. The van der Waals surface area contributed by atoms with Gasteiger partial charge in [-0.2, -0.15) is 4.31 Å². The number of ether oxygens (including phenoxy) is 1. The Balaban J connectivity index is 2.19. The van der Waals surface area contributed by atoms with Crippen LogP contribution in [0.1, 0.15) is 37.0 Å². The Labute approximate surface area is 142 Å². The maximum absolute atomic E-state index is 14.0.